The summed E-state index contributed by atoms with van der Waals surface area (Å²) in [7, 11) is 1.63. The molecular formula is C13H21N3O3. The highest BCUT2D eigenvalue weighted by molar-refractivity contribution is 5.75. The van der Waals surface area contributed by atoms with Gasteiger partial charge in [0.1, 0.15) is 18.1 Å². The summed E-state index contributed by atoms with van der Waals surface area (Å²) in [6.07, 6.45) is 1.15. The van der Waals surface area contributed by atoms with Crippen molar-refractivity contribution in [3.8, 4) is 11.5 Å². The summed E-state index contributed by atoms with van der Waals surface area (Å²) in [5, 5.41) is 2.57. The van der Waals surface area contributed by atoms with Gasteiger partial charge in [0.05, 0.1) is 6.61 Å². The standard InChI is InChI=1S/C13H21N3O3/c1-15-13(17)6-3-8-18-11-4-2-5-12(10-11)19-9-7-16-14/h2,4-5,10,16H,3,6-9,14H2,1H3,(H,15,17). The second kappa shape index (κ2) is 9.18. The Morgan fingerprint density at radius 1 is 1.26 bits per heavy atom. The number of amides is 1. The normalized spacial score (nSPS) is 10.0. The lowest BCUT2D eigenvalue weighted by Crippen LogP contribution is -2.27. The van der Waals surface area contributed by atoms with E-state index in [-0.39, 0.29) is 5.91 Å². The van der Waals surface area contributed by atoms with Gasteiger partial charge in [-0.3, -0.25) is 16.1 Å². The monoisotopic (exact) mass is 267 g/mol. The minimum absolute atomic E-state index is 0.0231. The highest BCUT2D eigenvalue weighted by Crippen LogP contribution is 2.19. The smallest absolute Gasteiger partial charge is 0.219 e. The van der Waals surface area contributed by atoms with Gasteiger partial charge in [0.2, 0.25) is 5.91 Å². The van der Waals surface area contributed by atoms with E-state index < -0.39 is 0 Å². The number of hydrogen-bond acceptors (Lipinski definition) is 5. The molecule has 1 aromatic carbocycles. The van der Waals surface area contributed by atoms with Crippen molar-refractivity contribution in [2.24, 2.45) is 5.84 Å². The second-order valence-corrected chi connectivity index (χ2v) is 3.90. The van der Waals surface area contributed by atoms with Crippen LogP contribution in [0.4, 0.5) is 0 Å². The number of benzene rings is 1. The van der Waals surface area contributed by atoms with E-state index >= 15 is 0 Å². The summed E-state index contributed by atoms with van der Waals surface area (Å²) in [5.74, 6) is 6.64. The molecule has 0 aliphatic carbocycles. The van der Waals surface area contributed by atoms with Gasteiger partial charge in [-0.05, 0) is 18.6 Å². The number of hydrogen-bond donors (Lipinski definition) is 3. The Kier molecular flexibility index (Phi) is 7.38. The molecule has 1 aromatic rings. The molecule has 4 N–H and O–H groups in total. The quantitative estimate of drug-likeness (QED) is 0.343. The van der Waals surface area contributed by atoms with Gasteiger partial charge >= 0.3 is 0 Å². The Labute approximate surface area is 113 Å². The molecule has 0 bridgehead atoms. The van der Waals surface area contributed by atoms with E-state index in [1.165, 1.54) is 0 Å². The molecule has 0 saturated heterocycles. The van der Waals surface area contributed by atoms with E-state index in [0.717, 1.165) is 11.5 Å². The average molecular weight is 267 g/mol. The van der Waals surface area contributed by atoms with Crippen molar-refractivity contribution in [3.05, 3.63) is 24.3 Å². The fourth-order valence-electron chi connectivity index (χ4n) is 1.43. The minimum Gasteiger partial charge on any atom is -0.493 e. The first-order chi connectivity index (χ1) is 9.26. The van der Waals surface area contributed by atoms with Gasteiger partial charge in [-0.15, -0.1) is 0 Å². The summed E-state index contributed by atoms with van der Waals surface area (Å²) < 4.78 is 11.0. The molecule has 0 fully saturated rings. The lowest BCUT2D eigenvalue weighted by atomic mass is 10.3. The molecule has 1 amide bonds. The van der Waals surface area contributed by atoms with E-state index in [1.807, 2.05) is 24.3 Å². The average Bonchev–Trinajstić information content (AvgIpc) is 2.44. The lowest BCUT2D eigenvalue weighted by Gasteiger charge is -2.09. The van der Waals surface area contributed by atoms with Crippen molar-refractivity contribution >= 4 is 5.91 Å². The van der Waals surface area contributed by atoms with Crippen LogP contribution in [0.1, 0.15) is 12.8 Å². The number of carbonyl (C=O) groups is 1. The third-order valence-electron chi connectivity index (χ3n) is 2.42. The molecule has 6 nitrogen and oxygen atoms in total. The fourth-order valence-corrected chi connectivity index (χ4v) is 1.43. The summed E-state index contributed by atoms with van der Waals surface area (Å²) in [6.45, 7) is 1.58. The first kappa shape index (κ1) is 15.3. The Morgan fingerprint density at radius 3 is 2.58 bits per heavy atom. The number of ether oxygens (including phenoxy) is 2. The molecule has 0 aliphatic heterocycles. The van der Waals surface area contributed by atoms with Gasteiger partial charge in [0, 0.05) is 26.1 Å². The van der Waals surface area contributed by atoms with Crippen LogP contribution in [0.25, 0.3) is 0 Å². The highest BCUT2D eigenvalue weighted by atomic mass is 16.5. The number of nitrogens with one attached hydrogen (secondary N) is 2. The molecule has 19 heavy (non-hydrogen) atoms. The number of nitrogens with two attached hydrogens (primary N) is 1. The largest absolute Gasteiger partial charge is 0.493 e. The minimum atomic E-state index is 0.0231. The Hall–Kier alpha value is -1.79. The predicted octanol–water partition coefficient (Wildman–Crippen LogP) is 0.434. The third-order valence-corrected chi connectivity index (χ3v) is 2.42. The van der Waals surface area contributed by atoms with Crippen molar-refractivity contribution in [3.63, 3.8) is 0 Å². The molecular weight excluding hydrogens is 246 g/mol. The molecule has 0 aromatic heterocycles. The van der Waals surface area contributed by atoms with Crippen LogP contribution in [0.15, 0.2) is 24.3 Å². The van der Waals surface area contributed by atoms with E-state index in [0.29, 0.717) is 32.6 Å². The molecule has 106 valence electrons. The van der Waals surface area contributed by atoms with Gasteiger partial charge in [-0.1, -0.05) is 6.07 Å². The molecule has 0 heterocycles. The van der Waals surface area contributed by atoms with Crippen LogP contribution in [-0.4, -0.2) is 32.7 Å². The van der Waals surface area contributed by atoms with Crippen molar-refractivity contribution < 1.29 is 14.3 Å². The van der Waals surface area contributed by atoms with E-state index in [2.05, 4.69) is 10.7 Å². The predicted molar refractivity (Wildman–Crippen MR) is 72.9 cm³/mol. The molecule has 0 unspecified atom stereocenters. The third kappa shape index (κ3) is 6.64. The zero-order valence-electron chi connectivity index (χ0n) is 11.1. The topological polar surface area (TPSA) is 85.6 Å². The molecule has 0 radical (unpaired) electrons. The van der Waals surface area contributed by atoms with Crippen LogP contribution in [0.3, 0.4) is 0 Å². The zero-order valence-corrected chi connectivity index (χ0v) is 11.1. The maximum atomic E-state index is 11.0. The van der Waals surface area contributed by atoms with E-state index in [4.69, 9.17) is 15.3 Å². The van der Waals surface area contributed by atoms with Gasteiger partial charge in [0.15, 0.2) is 0 Å². The van der Waals surface area contributed by atoms with Gasteiger partial charge in [0.25, 0.3) is 0 Å². The summed E-state index contributed by atoms with van der Waals surface area (Å²) >= 11 is 0. The number of rotatable bonds is 9. The summed E-state index contributed by atoms with van der Waals surface area (Å²) in [6, 6.07) is 7.39. The summed E-state index contributed by atoms with van der Waals surface area (Å²) in [4.78, 5) is 11.0. The van der Waals surface area contributed by atoms with Crippen LogP contribution in [0.2, 0.25) is 0 Å². The zero-order chi connectivity index (χ0) is 13.9. The lowest BCUT2D eigenvalue weighted by molar-refractivity contribution is -0.120. The molecule has 0 atom stereocenters. The first-order valence-corrected chi connectivity index (χ1v) is 6.26. The van der Waals surface area contributed by atoms with Gasteiger partial charge in [-0.2, -0.15) is 0 Å². The molecule has 6 heteroatoms. The molecule has 1 rings (SSSR count). The second-order valence-electron chi connectivity index (χ2n) is 3.90. The Bertz CT molecular complexity index is 385. The van der Waals surface area contributed by atoms with Gasteiger partial charge < -0.3 is 14.8 Å². The van der Waals surface area contributed by atoms with Crippen LogP contribution >= 0.6 is 0 Å². The van der Waals surface area contributed by atoms with E-state index in [1.54, 1.807) is 7.05 Å². The van der Waals surface area contributed by atoms with Crippen LogP contribution in [0.5, 0.6) is 11.5 Å². The van der Waals surface area contributed by atoms with Crippen molar-refractivity contribution in [1.82, 2.24) is 10.7 Å². The Morgan fingerprint density at radius 2 is 1.95 bits per heavy atom. The number of hydrazine groups is 1. The van der Waals surface area contributed by atoms with Crippen molar-refractivity contribution in [1.29, 1.82) is 0 Å². The highest BCUT2D eigenvalue weighted by Gasteiger charge is 2.00. The van der Waals surface area contributed by atoms with Crippen molar-refractivity contribution in [2.45, 2.75) is 12.8 Å². The molecule has 0 spiro atoms. The van der Waals surface area contributed by atoms with Crippen molar-refractivity contribution in [2.75, 3.05) is 26.8 Å². The van der Waals surface area contributed by atoms with Gasteiger partial charge in [-0.25, -0.2) is 0 Å². The fraction of sp³-hybridized carbons (Fsp3) is 0.462. The van der Waals surface area contributed by atoms with Crippen LogP contribution < -0.4 is 26.1 Å². The summed E-state index contributed by atoms with van der Waals surface area (Å²) in [5.41, 5.74) is 2.52. The van der Waals surface area contributed by atoms with Crippen LogP contribution in [-0.2, 0) is 4.79 Å². The maximum absolute atomic E-state index is 11.0. The first-order valence-electron chi connectivity index (χ1n) is 6.26. The van der Waals surface area contributed by atoms with Crippen LogP contribution in [0, 0.1) is 0 Å². The van der Waals surface area contributed by atoms with E-state index in [9.17, 15) is 4.79 Å². The molecule has 0 aliphatic rings. The number of carbonyl (C=O) groups excluding carboxylic acids is 1. The Balaban J connectivity index is 2.29. The SMILES string of the molecule is CNC(=O)CCCOc1cccc(OCCNN)c1. The molecule has 0 saturated carbocycles. The maximum Gasteiger partial charge on any atom is 0.219 e.